The largest absolute Gasteiger partial charge is 0.416 e. The SMILES string of the molecule is CC(C)c1noc([C@@H](C)Sc2nnc(Cc3cccs3)o2)n1. The molecule has 3 rings (SSSR count). The van der Waals surface area contributed by atoms with Gasteiger partial charge in [0.25, 0.3) is 5.22 Å². The maximum Gasteiger partial charge on any atom is 0.277 e. The number of rotatable bonds is 6. The molecule has 0 aliphatic carbocycles. The number of hydrogen-bond acceptors (Lipinski definition) is 8. The van der Waals surface area contributed by atoms with Crippen LogP contribution in [0.1, 0.15) is 54.4 Å². The molecule has 0 unspecified atom stereocenters. The summed E-state index contributed by atoms with van der Waals surface area (Å²) in [4.78, 5) is 5.59. The Kier molecular flexibility index (Phi) is 4.58. The zero-order valence-electron chi connectivity index (χ0n) is 12.5. The van der Waals surface area contributed by atoms with E-state index in [-0.39, 0.29) is 11.2 Å². The van der Waals surface area contributed by atoms with E-state index < -0.39 is 0 Å². The molecule has 0 fully saturated rings. The third kappa shape index (κ3) is 3.56. The van der Waals surface area contributed by atoms with Gasteiger partial charge in [0.1, 0.15) is 0 Å². The quantitative estimate of drug-likeness (QED) is 0.627. The summed E-state index contributed by atoms with van der Waals surface area (Å²) in [6, 6.07) is 4.06. The molecule has 1 atom stereocenters. The molecular weight excluding hydrogens is 320 g/mol. The summed E-state index contributed by atoms with van der Waals surface area (Å²) in [6.07, 6.45) is 0.664. The Hall–Kier alpha value is -1.67. The molecule has 0 saturated carbocycles. The Morgan fingerprint density at radius 1 is 1.27 bits per heavy atom. The Morgan fingerprint density at radius 3 is 2.82 bits per heavy atom. The molecule has 0 N–H and O–H groups in total. The number of hydrogen-bond donors (Lipinski definition) is 0. The summed E-state index contributed by atoms with van der Waals surface area (Å²) in [5, 5.41) is 14.6. The van der Waals surface area contributed by atoms with E-state index in [2.05, 4.69) is 26.4 Å². The minimum absolute atomic E-state index is 0.0324. The lowest BCUT2D eigenvalue weighted by molar-refractivity contribution is 0.371. The van der Waals surface area contributed by atoms with E-state index in [1.165, 1.54) is 16.6 Å². The molecule has 0 radical (unpaired) electrons. The molecule has 0 aliphatic rings. The molecule has 8 heteroatoms. The van der Waals surface area contributed by atoms with Gasteiger partial charge in [0.05, 0.1) is 11.7 Å². The number of aromatic nitrogens is 4. The van der Waals surface area contributed by atoms with Gasteiger partial charge in [-0.25, -0.2) is 0 Å². The predicted molar refractivity (Wildman–Crippen MR) is 84.1 cm³/mol. The van der Waals surface area contributed by atoms with Crippen molar-refractivity contribution < 1.29 is 8.94 Å². The highest BCUT2D eigenvalue weighted by Crippen LogP contribution is 2.33. The van der Waals surface area contributed by atoms with Crippen LogP contribution in [0.25, 0.3) is 0 Å². The summed E-state index contributed by atoms with van der Waals surface area (Å²) in [6.45, 7) is 6.04. The van der Waals surface area contributed by atoms with Crippen molar-refractivity contribution in [3.8, 4) is 0 Å². The fourth-order valence-corrected chi connectivity index (χ4v) is 3.20. The van der Waals surface area contributed by atoms with Crippen molar-refractivity contribution in [3.05, 3.63) is 40.0 Å². The van der Waals surface area contributed by atoms with Crippen molar-refractivity contribution in [2.24, 2.45) is 0 Å². The molecular formula is C14H16N4O2S2. The third-order valence-corrected chi connectivity index (χ3v) is 4.75. The van der Waals surface area contributed by atoms with Gasteiger partial charge in [-0.05, 0) is 18.4 Å². The topological polar surface area (TPSA) is 77.8 Å². The van der Waals surface area contributed by atoms with Crippen LogP contribution in [0.4, 0.5) is 0 Å². The summed E-state index contributed by atoms with van der Waals surface area (Å²) >= 11 is 3.10. The number of nitrogens with zero attached hydrogens (tertiary/aromatic N) is 4. The van der Waals surface area contributed by atoms with Crippen LogP contribution in [-0.4, -0.2) is 20.3 Å². The van der Waals surface area contributed by atoms with Gasteiger partial charge in [-0.3, -0.25) is 0 Å². The van der Waals surface area contributed by atoms with E-state index in [9.17, 15) is 0 Å². The average Bonchev–Trinajstić information content (AvgIpc) is 3.19. The highest BCUT2D eigenvalue weighted by atomic mass is 32.2. The monoisotopic (exact) mass is 336 g/mol. The number of thioether (sulfide) groups is 1. The Morgan fingerprint density at radius 2 is 2.14 bits per heavy atom. The average molecular weight is 336 g/mol. The fourth-order valence-electron chi connectivity index (χ4n) is 1.77. The van der Waals surface area contributed by atoms with Gasteiger partial charge in [-0.15, -0.1) is 21.5 Å². The van der Waals surface area contributed by atoms with Gasteiger partial charge in [0.2, 0.25) is 11.8 Å². The zero-order valence-corrected chi connectivity index (χ0v) is 14.1. The molecule has 3 aromatic heterocycles. The molecule has 0 aliphatic heterocycles. The lowest BCUT2D eigenvalue weighted by Gasteiger charge is -2.01. The first kappa shape index (κ1) is 15.2. The first-order valence-corrected chi connectivity index (χ1v) is 8.72. The van der Waals surface area contributed by atoms with Gasteiger partial charge in [-0.2, -0.15) is 4.98 Å². The molecule has 0 aromatic carbocycles. The van der Waals surface area contributed by atoms with Crippen LogP contribution in [0.3, 0.4) is 0 Å². The second kappa shape index (κ2) is 6.62. The Bertz CT molecular complexity index is 721. The van der Waals surface area contributed by atoms with Gasteiger partial charge in [-0.1, -0.05) is 36.8 Å². The fraction of sp³-hybridized carbons (Fsp3) is 0.429. The summed E-state index contributed by atoms with van der Waals surface area (Å²) in [7, 11) is 0. The van der Waals surface area contributed by atoms with E-state index in [0.29, 0.717) is 29.2 Å². The second-order valence-corrected chi connectivity index (χ2v) is 7.45. The second-order valence-electron chi connectivity index (χ2n) is 5.12. The molecule has 0 amide bonds. The first-order valence-electron chi connectivity index (χ1n) is 6.96. The van der Waals surface area contributed by atoms with Gasteiger partial charge in [0.15, 0.2) is 5.82 Å². The van der Waals surface area contributed by atoms with Crippen LogP contribution >= 0.6 is 23.1 Å². The van der Waals surface area contributed by atoms with Crippen molar-refractivity contribution in [2.45, 2.75) is 43.6 Å². The Balaban J connectivity index is 1.63. The predicted octanol–water partition coefficient (Wildman–Crippen LogP) is 4.08. The smallest absolute Gasteiger partial charge is 0.277 e. The standard InChI is InChI=1S/C14H16N4O2S2/c1-8(2)12-15-13(20-18-12)9(3)22-14-17-16-11(19-14)7-10-5-4-6-21-10/h4-6,8-9H,7H2,1-3H3/t9-/m1/s1. The van der Waals surface area contributed by atoms with E-state index in [1.54, 1.807) is 11.3 Å². The van der Waals surface area contributed by atoms with Gasteiger partial charge >= 0.3 is 0 Å². The maximum atomic E-state index is 5.66. The minimum Gasteiger partial charge on any atom is -0.416 e. The van der Waals surface area contributed by atoms with Crippen LogP contribution in [0.15, 0.2) is 31.7 Å². The molecule has 0 saturated heterocycles. The highest BCUT2D eigenvalue weighted by Gasteiger charge is 2.20. The van der Waals surface area contributed by atoms with E-state index in [4.69, 9.17) is 8.94 Å². The maximum absolute atomic E-state index is 5.66. The van der Waals surface area contributed by atoms with Crippen molar-refractivity contribution in [2.75, 3.05) is 0 Å². The zero-order chi connectivity index (χ0) is 15.5. The molecule has 0 bridgehead atoms. The molecule has 6 nitrogen and oxygen atoms in total. The van der Waals surface area contributed by atoms with Crippen molar-refractivity contribution in [1.29, 1.82) is 0 Å². The summed E-state index contributed by atoms with van der Waals surface area (Å²) in [5.41, 5.74) is 0. The van der Waals surface area contributed by atoms with Crippen molar-refractivity contribution in [1.82, 2.24) is 20.3 Å². The summed E-state index contributed by atoms with van der Waals surface area (Å²) < 4.78 is 10.9. The first-order chi connectivity index (χ1) is 10.6. The highest BCUT2D eigenvalue weighted by molar-refractivity contribution is 7.99. The molecule has 3 heterocycles. The van der Waals surface area contributed by atoms with Crippen LogP contribution in [-0.2, 0) is 6.42 Å². The minimum atomic E-state index is -0.0324. The normalized spacial score (nSPS) is 12.9. The Labute approximate surface area is 136 Å². The van der Waals surface area contributed by atoms with Crippen LogP contribution in [0.5, 0.6) is 0 Å². The third-order valence-electron chi connectivity index (χ3n) is 2.95. The van der Waals surface area contributed by atoms with Crippen LogP contribution in [0, 0.1) is 0 Å². The van der Waals surface area contributed by atoms with Crippen molar-refractivity contribution in [3.63, 3.8) is 0 Å². The van der Waals surface area contributed by atoms with E-state index in [1.807, 2.05) is 32.2 Å². The molecule has 3 aromatic rings. The lowest BCUT2D eigenvalue weighted by Crippen LogP contribution is -1.92. The van der Waals surface area contributed by atoms with E-state index >= 15 is 0 Å². The van der Waals surface area contributed by atoms with Gasteiger partial charge in [0, 0.05) is 10.8 Å². The van der Waals surface area contributed by atoms with Crippen LogP contribution < -0.4 is 0 Å². The molecule has 22 heavy (non-hydrogen) atoms. The molecule has 0 spiro atoms. The van der Waals surface area contributed by atoms with Crippen LogP contribution in [0.2, 0.25) is 0 Å². The summed E-state index contributed by atoms with van der Waals surface area (Å²) in [5.74, 6) is 2.15. The lowest BCUT2D eigenvalue weighted by atomic mass is 10.2. The van der Waals surface area contributed by atoms with Gasteiger partial charge < -0.3 is 8.94 Å². The number of thiophene rings is 1. The van der Waals surface area contributed by atoms with Crippen molar-refractivity contribution >= 4 is 23.1 Å². The molecule has 116 valence electrons. The van der Waals surface area contributed by atoms with E-state index in [0.717, 1.165) is 0 Å².